The minimum absolute atomic E-state index is 0.247. The lowest BCUT2D eigenvalue weighted by Crippen LogP contribution is -2.51. The number of esters is 1. The zero-order valence-electron chi connectivity index (χ0n) is 16.6. The number of aromatic nitrogens is 1. The van der Waals surface area contributed by atoms with Gasteiger partial charge in [-0.25, -0.2) is 0 Å². The van der Waals surface area contributed by atoms with Gasteiger partial charge in [0, 0.05) is 19.2 Å². The molecule has 154 valence electrons. The van der Waals surface area contributed by atoms with Crippen molar-refractivity contribution >= 4 is 11.9 Å². The highest BCUT2D eigenvalue weighted by Gasteiger charge is 2.44. The summed E-state index contributed by atoms with van der Waals surface area (Å²) in [4.78, 5) is 27.4. The van der Waals surface area contributed by atoms with E-state index in [1.165, 1.54) is 18.5 Å². The molecule has 0 aliphatic carbocycles. The van der Waals surface area contributed by atoms with E-state index in [1.807, 2.05) is 30.3 Å². The standard InChI is InChI=1S/C22H26N2O5/c1-2-28-21(26)22(12-15-29-19-9-4-3-5-10-19)11-7-13-23(17-22)20(25)18-8-6-14-24(27)16-18/h3-6,8-10,14,16H,2,7,11-13,15,17H2,1H3/t22-/m1/s1. The molecule has 0 saturated carbocycles. The highest BCUT2D eigenvalue weighted by molar-refractivity contribution is 5.94. The summed E-state index contributed by atoms with van der Waals surface area (Å²) < 4.78 is 11.8. The molecule has 1 fully saturated rings. The minimum Gasteiger partial charge on any atom is -0.619 e. The van der Waals surface area contributed by atoms with Gasteiger partial charge in [-0.1, -0.05) is 18.2 Å². The van der Waals surface area contributed by atoms with E-state index in [4.69, 9.17) is 9.47 Å². The fraction of sp³-hybridized carbons (Fsp3) is 0.409. The second-order valence-electron chi connectivity index (χ2n) is 7.20. The molecule has 2 aromatic rings. The van der Waals surface area contributed by atoms with Crippen LogP contribution in [0.2, 0.25) is 0 Å². The molecular weight excluding hydrogens is 372 g/mol. The lowest BCUT2D eigenvalue weighted by Gasteiger charge is -2.40. The quantitative estimate of drug-likeness (QED) is 0.407. The normalized spacial score (nSPS) is 18.9. The van der Waals surface area contributed by atoms with Crippen LogP contribution >= 0.6 is 0 Å². The highest BCUT2D eigenvalue weighted by Crippen LogP contribution is 2.36. The Labute approximate surface area is 170 Å². The lowest BCUT2D eigenvalue weighted by atomic mass is 9.77. The number of likely N-dealkylation sites (tertiary alicyclic amines) is 1. The average Bonchev–Trinajstić information content (AvgIpc) is 2.74. The monoisotopic (exact) mass is 398 g/mol. The Bertz CT molecular complexity index is 842. The predicted molar refractivity (Wildman–Crippen MR) is 106 cm³/mol. The number of rotatable bonds is 7. The van der Waals surface area contributed by atoms with E-state index < -0.39 is 5.41 Å². The zero-order valence-corrected chi connectivity index (χ0v) is 16.6. The number of hydrogen-bond acceptors (Lipinski definition) is 5. The molecule has 0 unspecified atom stereocenters. The first-order valence-electron chi connectivity index (χ1n) is 9.87. The predicted octanol–water partition coefficient (Wildman–Crippen LogP) is 2.57. The molecular formula is C22H26N2O5. The van der Waals surface area contributed by atoms with Gasteiger partial charge in [-0.2, -0.15) is 4.73 Å². The van der Waals surface area contributed by atoms with Crippen molar-refractivity contribution in [3.05, 3.63) is 65.6 Å². The summed E-state index contributed by atoms with van der Waals surface area (Å²) in [5.41, 5.74) is -0.510. The van der Waals surface area contributed by atoms with Crippen LogP contribution in [0.15, 0.2) is 54.9 Å². The van der Waals surface area contributed by atoms with Crippen LogP contribution in [0.4, 0.5) is 0 Å². The SMILES string of the molecule is CCOC(=O)[C@@]1(CCOc2ccccc2)CCCN(C(=O)c2ccc[n+]([O-])c2)C1. The second-order valence-corrected chi connectivity index (χ2v) is 7.20. The summed E-state index contributed by atoms with van der Waals surface area (Å²) in [6.45, 7) is 3.18. The number of nitrogens with zero attached hydrogens (tertiary/aromatic N) is 2. The van der Waals surface area contributed by atoms with E-state index >= 15 is 0 Å². The smallest absolute Gasteiger partial charge is 0.314 e. The Hall–Kier alpha value is -3.09. The molecule has 1 aliphatic heterocycles. The van der Waals surface area contributed by atoms with Crippen LogP contribution in [-0.4, -0.2) is 43.1 Å². The van der Waals surface area contributed by atoms with E-state index in [0.29, 0.717) is 42.7 Å². The summed E-state index contributed by atoms with van der Waals surface area (Å²) in [7, 11) is 0. The number of para-hydroxylation sites is 1. The van der Waals surface area contributed by atoms with Gasteiger partial charge in [0.05, 0.1) is 18.6 Å². The maximum Gasteiger partial charge on any atom is 0.314 e. The molecule has 3 rings (SSSR count). The summed E-state index contributed by atoms with van der Waals surface area (Å²) in [6.07, 6.45) is 4.34. The number of benzene rings is 1. The van der Waals surface area contributed by atoms with Gasteiger partial charge in [0.25, 0.3) is 5.91 Å². The molecule has 0 bridgehead atoms. The zero-order chi connectivity index (χ0) is 20.7. The Morgan fingerprint density at radius 1 is 1.21 bits per heavy atom. The molecule has 7 nitrogen and oxygen atoms in total. The molecule has 0 spiro atoms. The maximum atomic E-state index is 12.9. The van der Waals surface area contributed by atoms with Gasteiger partial charge in [-0.3, -0.25) is 9.59 Å². The Kier molecular flexibility index (Phi) is 6.69. The van der Waals surface area contributed by atoms with Crippen LogP contribution in [0.1, 0.15) is 36.5 Å². The van der Waals surface area contributed by atoms with E-state index in [-0.39, 0.29) is 25.0 Å². The maximum absolute atomic E-state index is 12.9. The molecule has 2 heterocycles. The minimum atomic E-state index is -0.819. The van der Waals surface area contributed by atoms with Gasteiger partial charge in [0.15, 0.2) is 12.4 Å². The molecule has 1 amide bonds. The summed E-state index contributed by atoms with van der Waals surface area (Å²) in [5.74, 6) is 0.174. The molecule has 1 aliphatic rings. The number of amides is 1. The topological polar surface area (TPSA) is 82.8 Å². The molecule has 1 aromatic carbocycles. The van der Waals surface area contributed by atoms with Crippen LogP contribution < -0.4 is 9.47 Å². The van der Waals surface area contributed by atoms with Crippen molar-refractivity contribution in [3.8, 4) is 5.75 Å². The number of ether oxygens (including phenoxy) is 2. The van der Waals surface area contributed by atoms with Crippen LogP contribution in [-0.2, 0) is 9.53 Å². The molecule has 1 saturated heterocycles. The Morgan fingerprint density at radius 2 is 2.00 bits per heavy atom. The molecule has 29 heavy (non-hydrogen) atoms. The first-order valence-corrected chi connectivity index (χ1v) is 9.87. The third-order valence-corrected chi connectivity index (χ3v) is 5.19. The van der Waals surface area contributed by atoms with Gasteiger partial charge in [0.2, 0.25) is 0 Å². The highest BCUT2D eigenvalue weighted by atomic mass is 16.5. The van der Waals surface area contributed by atoms with Crippen molar-refractivity contribution in [1.29, 1.82) is 0 Å². The van der Waals surface area contributed by atoms with Crippen LogP contribution in [0.25, 0.3) is 0 Å². The van der Waals surface area contributed by atoms with Crippen LogP contribution in [0, 0.1) is 10.6 Å². The van der Waals surface area contributed by atoms with Crippen LogP contribution in [0.3, 0.4) is 0 Å². The fourth-order valence-corrected chi connectivity index (χ4v) is 3.71. The summed E-state index contributed by atoms with van der Waals surface area (Å²) in [5, 5.41) is 11.5. The van der Waals surface area contributed by atoms with Gasteiger partial charge in [-0.05, 0) is 44.4 Å². The second kappa shape index (κ2) is 9.41. The van der Waals surface area contributed by atoms with E-state index in [9.17, 15) is 14.8 Å². The van der Waals surface area contributed by atoms with Crippen molar-refractivity contribution in [2.24, 2.45) is 5.41 Å². The first kappa shape index (κ1) is 20.6. The lowest BCUT2D eigenvalue weighted by molar-refractivity contribution is -0.605. The van der Waals surface area contributed by atoms with Crippen molar-refractivity contribution in [2.75, 3.05) is 26.3 Å². The molecule has 0 N–H and O–H groups in total. The van der Waals surface area contributed by atoms with E-state index in [0.717, 1.165) is 5.75 Å². The fourth-order valence-electron chi connectivity index (χ4n) is 3.71. The number of carbonyl (C=O) groups is 2. The molecule has 1 atom stereocenters. The third-order valence-electron chi connectivity index (χ3n) is 5.19. The number of hydrogen-bond donors (Lipinski definition) is 0. The summed E-state index contributed by atoms with van der Waals surface area (Å²) in [6, 6.07) is 12.6. The van der Waals surface area contributed by atoms with Crippen molar-refractivity contribution in [3.63, 3.8) is 0 Å². The van der Waals surface area contributed by atoms with Gasteiger partial charge in [0.1, 0.15) is 11.3 Å². The van der Waals surface area contributed by atoms with E-state index in [2.05, 4.69) is 0 Å². The Morgan fingerprint density at radius 3 is 2.72 bits per heavy atom. The van der Waals surface area contributed by atoms with Crippen molar-refractivity contribution in [2.45, 2.75) is 26.2 Å². The van der Waals surface area contributed by atoms with Gasteiger partial charge in [-0.15, -0.1) is 0 Å². The number of carbonyl (C=O) groups excluding carboxylic acids is 2. The molecule has 0 radical (unpaired) electrons. The van der Waals surface area contributed by atoms with Gasteiger partial charge >= 0.3 is 5.97 Å². The van der Waals surface area contributed by atoms with Crippen molar-refractivity contribution < 1.29 is 23.8 Å². The van der Waals surface area contributed by atoms with Crippen molar-refractivity contribution in [1.82, 2.24) is 4.90 Å². The number of pyridine rings is 1. The molecule has 7 heteroatoms. The number of piperidine rings is 1. The summed E-state index contributed by atoms with van der Waals surface area (Å²) >= 11 is 0. The van der Waals surface area contributed by atoms with E-state index in [1.54, 1.807) is 17.9 Å². The average molecular weight is 398 g/mol. The Balaban J connectivity index is 1.74. The third kappa shape index (κ3) is 5.04. The largest absolute Gasteiger partial charge is 0.619 e. The first-order chi connectivity index (χ1) is 14.0. The van der Waals surface area contributed by atoms with Gasteiger partial charge < -0.3 is 19.6 Å². The molecule has 1 aromatic heterocycles. The van der Waals surface area contributed by atoms with Crippen LogP contribution in [0.5, 0.6) is 5.75 Å².